The Bertz CT molecular complexity index is 357. The van der Waals surface area contributed by atoms with Crippen molar-refractivity contribution in [2.24, 2.45) is 0 Å². The Balaban J connectivity index is 2.97. The van der Waals surface area contributed by atoms with Crippen LogP contribution in [0, 0.1) is 6.92 Å². The minimum Gasteiger partial charge on any atom is -0.443 e. The van der Waals surface area contributed by atoms with Gasteiger partial charge >= 0.3 is 0 Å². The maximum Gasteiger partial charge on any atom is 0.242 e. The van der Waals surface area contributed by atoms with Crippen molar-refractivity contribution in [1.82, 2.24) is 0 Å². The van der Waals surface area contributed by atoms with E-state index in [1.54, 1.807) is 31.5 Å². The zero-order valence-corrected chi connectivity index (χ0v) is 9.52. The van der Waals surface area contributed by atoms with Crippen molar-refractivity contribution < 1.29 is 9.09 Å². The number of rotatable bonds is 2. The molecule has 0 aliphatic heterocycles. The van der Waals surface area contributed by atoms with E-state index < -0.39 is 7.37 Å². The molecular formula is C9H12ClO2P. The number of aryl methyl sites for hydroxylation is 1. The fourth-order valence-electron chi connectivity index (χ4n) is 0.952. The highest BCUT2D eigenvalue weighted by Crippen LogP contribution is 2.40. The summed E-state index contributed by atoms with van der Waals surface area (Å²) in [4.78, 5) is 0. The molecule has 0 unspecified atom stereocenters. The Morgan fingerprint density at radius 1 is 1.38 bits per heavy atom. The van der Waals surface area contributed by atoms with Gasteiger partial charge in [0.15, 0.2) is 0 Å². The molecule has 0 bridgehead atoms. The van der Waals surface area contributed by atoms with E-state index in [0.717, 1.165) is 5.56 Å². The first-order valence-electron chi connectivity index (χ1n) is 3.89. The summed E-state index contributed by atoms with van der Waals surface area (Å²) >= 11 is 5.76. The molecule has 0 saturated carbocycles. The van der Waals surface area contributed by atoms with Gasteiger partial charge in [0, 0.05) is 18.4 Å². The van der Waals surface area contributed by atoms with Crippen molar-refractivity contribution in [3.63, 3.8) is 0 Å². The molecule has 4 heteroatoms. The molecule has 0 aliphatic carbocycles. The van der Waals surface area contributed by atoms with Crippen molar-refractivity contribution >= 4 is 19.0 Å². The molecule has 0 saturated heterocycles. The van der Waals surface area contributed by atoms with Gasteiger partial charge in [-0.15, -0.1) is 0 Å². The third-order valence-electron chi connectivity index (χ3n) is 1.46. The maximum absolute atomic E-state index is 11.4. The number of benzene rings is 1. The Kier molecular flexibility index (Phi) is 3.05. The molecule has 1 rings (SSSR count). The van der Waals surface area contributed by atoms with Crippen molar-refractivity contribution in [3.8, 4) is 5.75 Å². The van der Waals surface area contributed by atoms with E-state index in [1.165, 1.54) is 0 Å². The summed E-state index contributed by atoms with van der Waals surface area (Å²) in [6, 6.07) is 5.24. The van der Waals surface area contributed by atoms with E-state index in [1.807, 2.05) is 6.92 Å². The van der Waals surface area contributed by atoms with Crippen LogP contribution in [0.15, 0.2) is 18.2 Å². The molecule has 0 aromatic heterocycles. The number of hydrogen-bond donors (Lipinski definition) is 0. The summed E-state index contributed by atoms with van der Waals surface area (Å²) in [6.45, 7) is 5.04. The molecule has 1 aromatic carbocycles. The van der Waals surface area contributed by atoms with Crippen LogP contribution in [-0.4, -0.2) is 13.3 Å². The highest BCUT2D eigenvalue weighted by Gasteiger charge is 2.10. The average Bonchev–Trinajstić information content (AvgIpc) is 1.93. The highest BCUT2D eigenvalue weighted by molar-refractivity contribution is 7.57. The quantitative estimate of drug-likeness (QED) is 0.710. The summed E-state index contributed by atoms with van der Waals surface area (Å²) in [5.41, 5.74) is 0.899. The molecule has 0 aliphatic rings. The normalized spacial score (nSPS) is 11.4. The molecule has 0 atom stereocenters. The maximum atomic E-state index is 11.4. The first kappa shape index (κ1) is 10.6. The van der Waals surface area contributed by atoms with E-state index in [2.05, 4.69) is 0 Å². The first-order valence-corrected chi connectivity index (χ1v) is 6.79. The van der Waals surface area contributed by atoms with Crippen LogP contribution in [0.5, 0.6) is 5.75 Å². The molecule has 2 nitrogen and oxygen atoms in total. The van der Waals surface area contributed by atoms with E-state index in [9.17, 15) is 4.57 Å². The second kappa shape index (κ2) is 3.73. The predicted octanol–water partition coefficient (Wildman–Crippen LogP) is 3.56. The van der Waals surface area contributed by atoms with E-state index in [0.29, 0.717) is 10.8 Å². The van der Waals surface area contributed by atoms with Gasteiger partial charge in [-0.05, 0) is 30.7 Å². The molecule has 0 heterocycles. The van der Waals surface area contributed by atoms with Gasteiger partial charge in [0.25, 0.3) is 0 Å². The van der Waals surface area contributed by atoms with Crippen molar-refractivity contribution in [2.45, 2.75) is 6.92 Å². The Morgan fingerprint density at radius 2 is 2.00 bits per heavy atom. The van der Waals surface area contributed by atoms with Gasteiger partial charge in [-0.1, -0.05) is 11.6 Å². The third kappa shape index (κ3) is 3.41. The van der Waals surface area contributed by atoms with Crippen LogP contribution in [-0.2, 0) is 4.57 Å². The average molecular weight is 219 g/mol. The topological polar surface area (TPSA) is 26.3 Å². The van der Waals surface area contributed by atoms with Crippen molar-refractivity contribution in [1.29, 1.82) is 0 Å². The summed E-state index contributed by atoms with van der Waals surface area (Å²) in [5, 5.41) is 0.659. The minimum atomic E-state index is -2.47. The molecular weight excluding hydrogens is 207 g/mol. The largest absolute Gasteiger partial charge is 0.443 e. The summed E-state index contributed by atoms with van der Waals surface area (Å²) in [7, 11) is -2.47. The van der Waals surface area contributed by atoms with Crippen LogP contribution >= 0.6 is 19.0 Å². The lowest BCUT2D eigenvalue weighted by molar-refractivity contribution is 0.492. The zero-order chi connectivity index (χ0) is 10.1. The summed E-state index contributed by atoms with van der Waals surface area (Å²) in [5.74, 6) is 0.637. The van der Waals surface area contributed by atoms with Crippen LogP contribution in [0.25, 0.3) is 0 Å². The van der Waals surface area contributed by atoms with Crippen LogP contribution in [0.1, 0.15) is 5.56 Å². The zero-order valence-electron chi connectivity index (χ0n) is 7.87. The van der Waals surface area contributed by atoms with Gasteiger partial charge in [0.05, 0.1) is 0 Å². The predicted molar refractivity (Wildman–Crippen MR) is 56.3 cm³/mol. The van der Waals surface area contributed by atoms with Gasteiger partial charge in [-0.25, -0.2) is 0 Å². The minimum absolute atomic E-state index is 0.637. The molecule has 0 amide bonds. The van der Waals surface area contributed by atoms with Gasteiger partial charge < -0.3 is 4.52 Å². The van der Waals surface area contributed by atoms with E-state index >= 15 is 0 Å². The molecule has 13 heavy (non-hydrogen) atoms. The van der Waals surface area contributed by atoms with Crippen LogP contribution < -0.4 is 4.52 Å². The highest BCUT2D eigenvalue weighted by atomic mass is 35.5. The second-order valence-electron chi connectivity index (χ2n) is 3.25. The van der Waals surface area contributed by atoms with Crippen LogP contribution in [0.2, 0.25) is 5.02 Å². The molecule has 1 aromatic rings. The monoisotopic (exact) mass is 218 g/mol. The lowest BCUT2D eigenvalue weighted by Crippen LogP contribution is -1.90. The van der Waals surface area contributed by atoms with Crippen LogP contribution in [0.4, 0.5) is 0 Å². The molecule has 0 fully saturated rings. The van der Waals surface area contributed by atoms with Crippen molar-refractivity contribution in [3.05, 3.63) is 28.8 Å². The molecule has 0 spiro atoms. The Labute approximate surface area is 83.3 Å². The summed E-state index contributed by atoms with van der Waals surface area (Å²) in [6.07, 6.45) is 0. The second-order valence-corrected chi connectivity index (χ2v) is 6.38. The van der Waals surface area contributed by atoms with Crippen molar-refractivity contribution in [2.75, 3.05) is 13.3 Å². The first-order chi connectivity index (χ1) is 5.88. The molecule has 72 valence electrons. The SMILES string of the molecule is Cc1cc(Cl)ccc1OP(C)(C)=O. The fourth-order valence-corrected chi connectivity index (χ4v) is 1.86. The number of hydrogen-bond acceptors (Lipinski definition) is 2. The summed E-state index contributed by atoms with van der Waals surface area (Å²) < 4.78 is 16.7. The van der Waals surface area contributed by atoms with E-state index in [-0.39, 0.29) is 0 Å². The fraction of sp³-hybridized carbons (Fsp3) is 0.333. The van der Waals surface area contributed by atoms with E-state index in [4.69, 9.17) is 16.1 Å². The molecule has 0 N–H and O–H groups in total. The molecule has 0 radical (unpaired) electrons. The smallest absolute Gasteiger partial charge is 0.242 e. The van der Waals surface area contributed by atoms with Gasteiger partial charge in [-0.3, -0.25) is 4.57 Å². The standard InChI is InChI=1S/C9H12ClO2P/c1-7-6-8(10)4-5-9(7)12-13(2,3)11/h4-6H,1-3H3. The lowest BCUT2D eigenvalue weighted by Gasteiger charge is -2.12. The van der Waals surface area contributed by atoms with Crippen LogP contribution in [0.3, 0.4) is 0 Å². The Morgan fingerprint density at radius 3 is 2.46 bits per heavy atom. The van der Waals surface area contributed by atoms with Gasteiger partial charge in [-0.2, -0.15) is 0 Å². The van der Waals surface area contributed by atoms with Gasteiger partial charge in [0.1, 0.15) is 5.75 Å². The number of halogens is 1. The third-order valence-corrected chi connectivity index (χ3v) is 2.33. The lowest BCUT2D eigenvalue weighted by atomic mass is 10.2. The Hall–Kier alpha value is -0.460. The van der Waals surface area contributed by atoms with Gasteiger partial charge in [0.2, 0.25) is 7.37 Å².